The molecule has 0 unspecified atom stereocenters. The second kappa shape index (κ2) is 8.88. The van der Waals surface area contributed by atoms with E-state index in [1.165, 1.54) is 11.8 Å². The Morgan fingerprint density at radius 1 is 1.12 bits per heavy atom. The second-order valence-electron chi connectivity index (χ2n) is 5.73. The van der Waals surface area contributed by atoms with Crippen LogP contribution in [0.5, 0.6) is 0 Å². The molecule has 2 aromatic rings. The first-order chi connectivity index (χ1) is 11.9. The Balaban J connectivity index is 1.94. The first-order valence-electron chi connectivity index (χ1n) is 7.93. The number of carbonyl (C=O) groups excluding carboxylic acids is 2. The zero-order chi connectivity index (χ0) is 18.4. The highest BCUT2D eigenvalue weighted by molar-refractivity contribution is 6.35. The third-order valence-electron chi connectivity index (χ3n) is 3.82. The molecule has 0 saturated carbocycles. The lowest BCUT2D eigenvalue weighted by atomic mass is 10.1. The van der Waals surface area contributed by atoms with E-state index in [0.717, 1.165) is 16.8 Å². The molecule has 2 rings (SSSR count). The van der Waals surface area contributed by atoms with Gasteiger partial charge in [0.2, 0.25) is 11.8 Å². The molecule has 0 aromatic heterocycles. The fourth-order valence-corrected chi connectivity index (χ4v) is 3.00. The lowest BCUT2D eigenvalue weighted by Crippen LogP contribution is -2.40. The van der Waals surface area contributed by atoms with Crippen LogP contribution in [0.25, 0.3) is 0 Å². The largest absolute Gasteiger partial charge is 0.354 e. The summed E-state index contributed by atoms with van der Waals surface area (Å²) in [5, 5.41) is 3.98. The predicted molar refractivity (Wildman–Crippen MR) is 102 cm³/mol. The number of aryl methyl sites for hydroxylation is 1. The predicted octanol–water partition coefficient (Wildman–Crippen LogP) is 4.01. The van der Waals surface area contributed by atoms with Crippen LogP contribution in [0, 0.1) is 6.92 Å². The molecule has 4 nitrogen and oxygen atoms in total. The molecule has 0 aliphatic carbocycles. The molecule has 2 amide bonds. The Kier molecular flexibility index (Phi) is 6.85. The number of anilines is 1. The molecule has 0 atom stereocenters. The number of nitrogens with one attached hydrogen (secondary N) is 1. The van der Waals surface area contributed by atoms with Crippen molar-refractivity contribution in [3.05, 3.63) is 63.6 Å². The quantitative estimate of drug-likeness (QED) is 0.825. The lowest BCUT2D eigenvalue weighted by molar-refractivity contribution is -0.123. The van der Waals surface area contributed by atoms with Crippen LogP contribution in [-0.2, 0) is 16.0 Å². The summed E-state index contributed by atoms with van der Waals surface area (Å²) in [7, 11) is 0. The molecule has 1 N–H and O–H groups in total. The SMILES string of the molecule is CC(=O)N(CC(=O)NCCc1ccc(Cl)cc1Cl)c1ccccc1C. The van der Waals surface area contributed by atoms with E-state index < -0.39 is 0 Å². The van der Waals surface area contributed by atoms with Crippen LogP contribution < -0.4 is 10.2 Å². The fraction of sp³-hybridized carbons (Fsp3) is 0.263. The molecular weight excluding hydrogens is 359 g/mol. The summed E-state index contributed by atoms with van der Waals surface area (Å²) in [5.41, 5.74) is 2.60. The van der Waals surface area contributed by atoms with Crippen LogP contribution in [0.15, 0.2) is 42.5 Å². The number of carbonyl (C=O) groups is 2. The molecular formula is C19H20Cl2N2O2. The van der Waals surface area contributed by atoms with Crippen LogP contribution in [0.4, 0.5) is 5.69 Å². The van der Waals surface area contributed by atoms with E-state index in [-0.39, 0.29) is 18.4 Å². The average molecular weight is 379 g/mol. The third kappa shape index (κ3) is 5.48. The number of rotatable bonds is 6. The highest BCUT2D eigenvalue weighted by atomic mass is 35.5. The Morgan fingerprint density at radius 2 is 1.84 bits per heavy atom. The topological polar surface area (TPSA) is 49.4 Å². The summed E-state index contributed by atoms with van der Waals surface area (Å²) in [6, 6.07) is 12.8. The van der Waals surface area contributed by atoms with Crippen molar-refractivity contribution in [2.24, 2.45) is 0 Å². The van der Waals surface area contributed by atoms with Crippen LogP contribution >= 0.6 is 23.2 Å². The molecule has 132 valence electrons. The van der Waals surface area contributed by atoms with Crippen molar-refractivity contribution in [3.8, 4) is 0 Å². The summed E-state index contributed by atoms with van der Waals surface area (Å²) in [5.74, 6) is -0.395. The lowest BCUT2D eigenvalue weighted by Gasteiger charge is -2.22. The first kappa shape index (κ1) is 19.3. The molecule has 0 radical (unpaired) electrons. The first-order valence-corrected chi connectivity index (χ1v) is 8.68. The number of nitrogens with zero attached hydrogens (tertiary/aromatic N) is 1. The third-order valence-corrected chi connectivity index (χ3v) is 4.41. The summed E-state index contributed by atoms with van der Waals surface area (Å²) in [4.78, 5) is 25.6. The van der Waals surface area contributed by atoms with Gasteiger partial charge in [0.25, 0.3) is 0 Å². The van der Waals surface area contributed by atoms with E-state index in [1.54, 1.807) is 12.1 Å². The van der Waals surface area contributed by atoms with E-state index in [1.807, 2.05) is 37.3 Å². The fourth-order valence-electron chi connectivity index (χ4n) is 2.49. The van der Waals surface area contributed by atoms with Crippen molar-refractivity contribution in [1.82, 2.24) is 5.32 Å². The molecule has 2 aromatic carbocycles. The molecule has 0 spiro atoms. The Morgan fingerprint density at radius 3 is 2.48 bits per heavy atom. The van der Waals surface area contributed by atoms with Gasteiger partial charge >= 0.3 is 0 Å². The molecule has 0 fully saturated rings. The van der Waals surface area contributed by atoms with E-state index in [9.17, 15) is 9.59 Å². The molecule has 0 aliphatic heterocycles. The average Bonchev–Trinajstić information content (AvgIpc) is 2.55. The van der Waals surface area contributed by atoms with E-state index >= 15 is 0 Å². The van der Waals surface area contributed by atoms with Crippen molar-refractivity contribution < 1.29 is 9.59 Å². The van der Waals surface area contributed by atoms with Crippen molar-refractivity contribution in [2.75, 3.05) is 18.0 Å². The second-order valence-corrected chi connectivity index (χ2v) is 6.57. The maximum Gasteiger partial charge on any atom is 0.240 e. The van der Waals surface area contributed by atoms with Gasteiger partial charge in [-0.25, -0.2) is 0 Å². The molecule has 0 saturated heterocycles. The summed E-state index contributed by atoms with van der Waals surface area (Å²) in [6.45, 7) is 3.77. The minimum atomic E-state index is -0.219. The van der Waals surface area contributed by atoms with Crippen molar-refractivity contribution >= 4 is 40.7 Å². The Bertz CT molecular complexity index is 778. The van der Waals surface area contributed by atoms with Gasteiger partial charge in [-0.2, -0.15) is 0 Å². The summed E-state index contributed by atoms with van der Waals surface area (Å²) >= 11 is 12.0. The van der Waals surface area contributed by atoms with Gasteiger partial charge in [0.15, 0.2) is 0 Å². The minimum Gasteiger partial charge on any atom is -0.354 e. The summed E-state index contributed by atoms with van der Waals surface area (Å²) < 4.78 is 0. The van der Waals surface area contributed by atoms with Crippen molar-refractivity contribution in [1.29, 1.82) is 0 Å². The molecule has 25 heavy (non-hydrogen) atoms. The van der Waals surface area contributed by atoms with Gasteiger partial charge in [-0.3, -0.25) is 9.59 Å². The van der Waals surface area contributed by atoms with Gasteiger partial charge in [0, 0.05) is 29.2 Å². The standard InChI is InChI=1S/C19H20Cl2N2O2/c1-13-5-3-4-6-18(13)23(14(2)24)12-19(25)22-10-9-15-7-8-16(20)11-17(15)21/h3-8,11H,9-10,12H2,1-2H3,(H,22,25). The van der Waals surface area contributed by atoms with Crippen LogP contribution in [0.2, 0.25) is 10.0 Å². The Hall–Kier alpha value is -2.04. The number of amides is 2. The van der Waals surface area contributed by atoms with E-state index in [2.05, 4.69) is 5.32 Å². The van der Waals surface area contributed by atoms with Crippen LogP contribution in [0.3, 0.4) is 0 Å². The minimum absolute atomic E-state index is 0.0193. The smallest absolute Gasteiger partial charge is 0.240 e. The molecule has 0 bridgehead atoms. The molecule has 0 heterocycles. The highest BCUT2D eigenvalue weighted by Crippen LogP contribution is 2.21. The van der Waals surface area contributed by atoms with Gasteiger partial charge in [-0.15, -0.1) is 0 Å². The van der Waals surface area contributed by atoms with Crippen LogP contribution in [0.1, 0.15) is 18.1 Å². The van der Waals surface area contributed by atoms with Gasteiger partial charge in [0.1, 0.15) is 6.54 Å². The maximum absolute atomic E-state index is 12.2. The summed E-state index contributed by atoms with van der Waals surface area (Å²) in [6.07, 6.45) is 0.589. The van der Waals surface area contributed by atoms with Crippen molar-refractivity contribution in [3.63, 3.8) is 0 Å². The number of para-hydroxylation sites is 1. The van der Waals surface area contributed by atoms with Gasteiger partial charge < -0.3 is 10.2 Å². The van der Waals surface area contributed by atoms with E-state index in [0.29, 0.717) is 23.0 Å². The Labute approximate surface area is 157 Å². The highest BCUT2D eigenvalue weighted by Gasteiger charge is 2.17. The number of halogens is 2. The normalized spacial score (nSPS) is 10.4. The monoisotopic (exact) mass is 378 g/mol. The number of hydrogen-bond donors (Lipinski definition) is 1. The van der Waals surface area contributed by atoms with Crippen LogP contribution in [-0.4, -0.2) is 24.9 Å². The zero-order valence-corrected chi connectivity index (χ0v) is 15.7. The van der Waals surface area contributed by atoms with Crippen molar-refractivity contribution in [2.45, 2.75) is 20.3 Å². The number of benzene rings is 2. The van der Waals surface area contributed by atoms with Gasteiger partial charge in [0.05, 0.1) is 0 Å². The molecule has 0 aliphatic rings. The zero-order valence-electron chi connectivity index (χ0n) is 14.2. The van der Waals surface area contributed by atoms with E-state index in [4.69, 9.17) is 23.2 Å². The van der Waals surface area contributed by atoms with Gasteiger partial charge in [-0.05, 0) is 42.7 Å². The maximum atomic E-state index is 12.2. The molecule has 6 heteroatoms. The number of hydrogen-bond acceptors (Lipinski definition) is 2. The van der Waals surface area contributed by atoms with Gasteiger partial charge in [-0.1, -0.05) is 47.5 Å².